The third-order valence-corrected chi connectivity index (χ3v) is 25.0. The number of hydrogen-bond acceptors (Lipinski definition) is 21. The minimum atomic E-state index is -1.72. The largest absolute Gasteiger partial charge is 0.508 e. The fourth-order valence-corrected chi connectivity index (χ4v) is 17.5. The Morgan fingerprint density at radius 3 is 1.76 bits per heavy atom. The van der Waals surface area contributed by atoms with E-state index in [0.29, 0.717) is 58.8 Å². The number of Topliss-reactive ketones (excluding diaryl/α,β-unsaturated/α-hetero) is 1. The quantitative estimate of drug-likeness (QED) is 0.0366. The number of ketones is 1. The number of aromatic amines is 2. The fraction of sp³-hybridized carbons (Fsp3) is 0.576. The first kappa shape index (κ1) is 104. The smallest absolute Gasteiger partial charge is 0.246 e. The number of hydrogen-bond donors (Lipinski definition) is 15. The number of fused-ring (bicyclic) bond motifs is 4. The zero-order valence-corrected chi connectivity index (χ0v) is 77.8. The van der Waals surface area contributed by atoms with Crippen LogP contribution >= 0.6 is 11.8 Å². The maximum atomic E-state index is 15.6. The number of aromatic hydroxyl groups is 1. The summed E-state index contributed by atoms with van der Waals surface area (Å²) in [6.07, 6.45) is 2.31. The number of amides is 16. The highest BCUT2D eigenvalue weighted by atomic mass is 32.2. The van der Waals surface area contributed by atoms with Gasteiger partial charge in [-0.2, -0.15) is 0 Å². The zero-order valence-electron chi connectivity index (χ0n) is 77.0. The lowest BCUT2D eigenvalue weighted by Crippen LogP contribution is -2.60. The van der Waals surface area contributed by atoms with Crippen LogP contribution < -0.4 is 58.9 Å². The van der Waals surface area contributed by atoms with Gasteiger partial charge in [0.15, 0.2) is 5.78 Å². The van der Waals surface area contributed by atoms with Crippen LogP contribution in [-0.2, 0) is 106 Å². The number of thioether (sulfide) groups is 1. The molecule has 16 N–H and O–H groups in total. The highest BCUT2D eigenvalue weighted by Gasteiger charge is 2.46. The average Bonchev–Trinajstić information content (AvgIpc) is 1.75. The van der Waals surface area contributed by atoms with Gasteiger partial charge in [-0.05, 0) is 111 Å². The van der Waals surface area contributed by atoms with Crippen LogP contribution in [0.1, 0.15) is 162 Å². The third kappa shape index (κ3) is 29.8. The summed E-state index contributed by atoms with van der Waals surface area (Å²) in [7, 11) is 5.50. The Morgan fingerprint density at radius 1 is 0.580 bits per heavy atom. The van der Waals surface area contributed by atoms with Gasteiger partial charge in [-0.3, -0.25) is 81.5 Å². The third-order valence-electron chi connectivity index (χ3n) is 24.0. The molecule has 3 aliphatic heterocycles. The Bertz CT molecular complexity index is 4850. The molecule has 39 heteroatoms. The van der Waals surface area contributed by atoms with E-state index in [9.17, 15) is 63.0 Å². The van der Waals surface area contributed by atoms with Crippen LogP contribution in [0.4, 0.5) is 0 Å². The number of phenolic OH excluding ortho intramolecular Hbond substituents is 1. The lowest BCUT2D eigenvalue weighted by atomic mass is 9.90. The van der Waals surface area contributed by atoms with Crippen molar-refractivity contribution >= 4 is 134 Å². The molecule has 3 aromatic carbocycles. The van der Waals surface area contributed by atoms with Gasteiger partial charge in [0.05, 0.1) is 44.0 Å². The van der Waals surface area contributed by atoms with Crippen molar-refractivity contribution in [3.8, 4) is 5.75 Å². The van der Waals surface area contributed by atoms with Crippen LogP contribution in [0.3, 0.4) is 0 Å². The number of aliphatic hydroxyl groups is 1. The normalized spacial score (nSPS) is 24.7. The summed E-state index contributed by atoms with van der Waals surface area (Å²) in [6, 6.07) is 3.24. The number of para-hydroxylation sites is 2. The monoisotopic (exact) mass is 1840 g/mol. The summed E-state index contributed by atoms with van der Waals surface area (Å²) in [5, 5.41) is 50.0. The highest BCUT2D eigenvalue weighted by molar-refractivity contribution is 8.00. The average molecular weight is 1840 g/mol. The molecule has 1 unspecified atom stereocenters. The number of aliphatic hydroxyl groups excluding tert-OH is 1. The molecular formula is C92H132N18O20S. The van der Waals surface area contributed by atoms with E-state index in [1.807, 2.05) is 50.2 Å². The van der Waals surface area contributed by atoms with Crippen molar-refractivity contribution in [2.45, 2.75) is 243 Å². The van der Waals surface area contributed by atoms with Crippen LogP contribution in [-0.4, -0.2) is 303 Å². The van der Waals surface area contributed by atoms with E-state index in [2.05, 4.69) is 63.1 Å². The molecule has 716 valence electrons. The van der Waals surface area contributed by atoms with Crippen molar-refractivity contribution in [1.29, 1.82) is 0 Å². The molecule has 16 amide bonds. The van der Waals surface area contributed by atoms with Gasteiger partial charge in [-0.25, -0.2) is 0 Å². The van der Waals surface area contributed by atoms with Crippen LogP contribution in [0.25, 0.3) is 21.8 Å². The molecule has 0 aliphatic carbocycles. The molecule has 0 spiro atoms. The maximum Gasteiger partial charge on any atom is 0.246 e. The summed E-state index contributed by atoms with van der Waals surface area (Å²) in [5.41, 5.74) is 8.77. The lowest BCUT2D eigenvalue weighted by molar-refractivity contribution is -0.149. The summed E-state index contributed by atoms with van der Waals surface area (Å²) < 4.78 is 5.04. The molecule has 0 saturated carbocycles. The van der Waals surface area contributed by atoms with Crippen molar-refractivity contribution in [1.82, 2.24) is 87.6 Å². The number of ether oxygens (including phenoxy) is 1. The second-order valence-corrected chi connectivity index (χ2v) is 36.0. The predicted molar refractivity (Wildman–Crippen MR) is 489 cm³/mol. The summed E-state index contributed by atoms with van der Waals surface area (Å²) in [6.45, 7) is 12.3. The van der Waals surface area contributed by atoms with Crippen LogP contribution in [0.15, 0.2) is 85.2 Å². The number of aromatic nitrogens is 2. The van der Waals surface area contributed by atoms with E-state index in [0.717, 1.165) is 26.9 Å². The highest BCUT2D eigenvalue weighted by Crippen LogP contribution is 2.30. The van der Waals surface area contributed by atoms with E-state index < -0.39 is 217 Å². The summed E-state index contributed by atoms with van der Waals surface area (Å²) >= 11 is 0.828. The summed E-state index contributed by atoms with van der Waals surface area (Å²) in [4.78, 5) is 261. The Morgan fingerprint density at radius 2 is 1.14 bits per heavy atom. The molecule has 3 fully saturated rings. The number of nitrogens with one attached hydrogen (secondary N) is 12. The number of primary amides is 1. The van der Waals surface area contributed by atoms with Gasteiger partial charge in [0.2, 0.25) is 94.5 Å². The molecular weight excluding hydrogens is 1710 g/mol. The number of carbonyl (C=O) groups excluding carboxylic acids is 17. The molecule has 0 radical (unpaired) electrons. The SMILES string of the molecule is CCCC[C@H]1C(=O)N(C)[C@@H](CCCC)C(=O)N[C@@H](CC(C)C)C(=O)N[C@H](C(=O)NCC(=O)NCCOC)CSCC(=O)N[C@@H](Cc2ccc(O)cc2)C(=O)N(C)[C@@H](C)C(=O)N[C@@H](CC(N)=O)C(=O)N2CCC[C@H]2C(=O)N[C@@H](CC)C(=O)N[C@@H](CC(C)C)C(=O)N2C[C@H](O)C[C@H]2C(=O)C[C@@H](Cc2c[nH]c3ccccc23)C(=O)NCC(=O)NC(Cc2c[nH]c3ccccc23)C(=O)N1C. The van der Waals surface area contributed by atoms with Crippen LogP contribution in [0.5, 0.6) is 5.75 Å². The number of rotatable bonds is 25. The van der Waals surface area contributed by atoms with Crippen molar-refractivity contribution in [2.75, 3.05) is 79.1 Å². The standard InChI is InChI=1S/C92H132N18O20S/c1-13-16-27-72-86(123)102-66(37-52(4)5)85(122)105-71(83(120)98-47-78(115)94-34-36-130-12)50-131-51-80(117)100-68(39-55-30-32-59(111)33-31-55)88(125)106(9)54(8)81(118)103-70(44-77(93)114)90(127)109-35-22-29-73(109)87(124)101-63(15-3)84(121)104-67(38-53(6)7)91(128)110-49-60(112)43-75(110)76(113)42-56(40-57-45-95-64-25-20-18-23-61(57)64)82(119)97-48-79(116)99-69(41-58-46-96-65-26-21-19-24-62(58)65)89(126)108(11)74(28-17-14-2)92(129)107(72)10/h18-21,23-26,30-33,45-46,52-54,56,60,63,66-75,95-96,111-112H,13-17,22,27-29,34-44,47-51H2,1-12H3,(H2,93,114)(H,94,115)(H,97,119)(H,98,120)(H,99,116)(H,100,117)(H,101,124)(H,102,123)(H,103,118)(H,104,121)(H,105,122)/t54-,56+,60+,63-,66-,67-,68-,69?,70-,71-,72-,73-,74-,75-/m0/s1. The maximum absolute atomic E-state index is 15.6. The van der Waals surface area contributed by atoms with E-state index >= 15 is 28.8 Å². The van der Waals surface area contributed by atoms with Crippen LogP contribution in [0.2, 0.25) is 0 Å². The molecule has 38 nitrogen and oxygen atoms in total. The molecule has 14 atom stereocenters. The second-order valence-electron chi connectivity index (χ2n) is 35.0. The minimum absolute atomic E-state index is 0.000355. The number of likely N-dealkylation sites (N-methyl/N-ethyl adjacent to an activating group) is 3. The van der Waals surface area contributed by atoms with E-state index in [1.54, 1.807) is 59.1 Å². The molecule has 0 bridgehead atoms. The lowest BCUT2D eigenvalue weighted by Gasteiger charge is -2.36. The van der Waals surface area contributed by atoms with E-state index in [-0.39, 0.29) is 120 Å². The first-order chi connectivity index (χ1) is 62.4. The minimum Gasteiger partial charge on any atom is -0.508 e. The molecule has 3 aliphatic rings. The first-order valence-corrected chi connectivity index (χ1v) is 46.3. The number of nitrogens with two attached hydrogens (primary N) is 1. The van der Waals surface area contributed by atoms with Crippen LogP contribution in [0, 0.1) is 17.8 Å². The van der Waals surface area contributed by atoms with E-state index in [4.69, 9.17) is 10.5 Å². The number of H-pyrrole nitrogens is 2. The molecule has 2 aromatic heterocycles. The molecule has 3 saturated heterocycles. The van der Waals surface area contributed by atoms with Crippen molar-refractivity contribution in [2.24, 2.45) is 23.5 Å². The van der Waals surface area contributed by atoms with Gasteiger partial charge < -0.3 is 108 Å². The number of unbranched alkanes of at least 4 members (excludes halogenated alkanes) is 2. The molecule has 8 rings (SSSR count). The molecule has 5 aromatic rings. The molecule has 5 heterocycles. The first-order valence-electron chi connectivity index (χ1n) is 45.1. The van der Waals surface area contributed by atoms with Gasteiger partial charge in [-0.1, -0.05) is 123 Å². The Hall–Kier alpha value is -12.0. The number of methoxy groups -OCH3 is 1. The van der Waals surface area contributed by atoms with Gasteiger partial charge in [0.25, 0.3) is 0 Å². The molecule has 131 heavy (non-hydrogen) atoms. The second kappa shape index (κ2) is 50.4. The van der Waals surface area contributed by atoms with Crippen molar-refractivity contribution < 1.29 is 96.5 Å². The fourth-order valence-electron chi connectivity index (χ4n) is 16.6. The van der Waals surface area contributed by atoms with Crippen molar-refractivity contribution in [3.63, 3.8) is 0 Å². The summed E-state index contributed by atoms with van der Waals surface area (Å²) in [5.74, 6) is -16.6. The topological polar surface area (TPSA) is 534 Å². The Labute approximate surface area is 767 Å². The number of benzene rings is 3. The van der Waals surface area contributed by atoms with E-state index in [1.165, 1.54) is 74.1 Å². The number of nitrogens with zero attached hydrogens (tertiary/aromatic N) is 5. The Balaban J connectivity index is 1.17. The number of phenols is 1. The zero-order chi connectivity index (χ0) is 96.0. The Kier molecular flexibility index (Phi) is 40.2. The predicted octanol–water partition coefficient (Wildman–Crippen LogP) is 1.31. The number of carbonyl (C=O) groups is 17. The van der Waals surface area contributed by atoms with Gasteiger partial charge in [0, 0.05) is 119 Å². The van der Waals surface area contributed by atoms with Crippen molar-refractivity contribution in [3.05, 3.63) is 102 Å². The van der Waals surface area contributed by atoms with Gasteiger partial charge >= 0.3 is 0 Å². The van der Waals surface area contributed by atoms with Gasteiger partial charge in [0.1, 0.15) is 72.2 Å². The van der Waals surface area contributed by atoms with Gasteiger partial charge in [-0.15, -0.1) is 11.8 Å².